The van der Waals surface area contributed by atoms with Crippen LogP contribution in [-0.2, 0) is 0 Å². The Bertz CT molecular complexity index is 925. The van der Waals surface area contributed by atoms with Gasteiger partial charge in [0.15, 0.2) is 11.3 Å². The zero-order valence-corrected chi connectivity index (χ0v) is 12.2. The van der Waals surface area contributed by atoms with Crippen LogP contribution in [0.3, 0.4) is 0 Å². The highest BCUT2D eigenvalue weighted by molar-refractivity contribution is 5.92. The average molecular weight is 294 g/mol. The van der Waals surface area contributed by atoms with E-state index in [4.69, 9.17) is 4.42 Å². The molecule has 1 N–H and O–H groups in total. The van der Waals surface area contributed by atoms with Gasteiger partial charge in [0.2, 0.25) is 0 Å². The van der Waals surface area contributed by atoms with E-state index in [0.717, 1.165) is 16.5 Å². The lowest BCUT2D eigenvalue weighted by molar-refractivity contribution is 0.474. The highest BCUT2D eigenvalue weighted by Crippen LogP contribution is 2.36. The molecule has 0 radical (unpaired) electrons. The lowest BCUT2D eigenvalue weighted by Crippen LogP contribution is -1.97. The molecule has 5 nitrogen and oxygen atoms in total. The monoisotopic (exact) mass is 294 g/mol. The van der Waals surface area contributed by atoms with E-state index < -0.39 is 5.63 Å². The summed E-state index contributed by atoms with van der Waals surface area (Å²) in [4.78, 5) is 11.6. The summed E-state index contributed by atoms with van der Waals surface area (Å²) < 4.78 is 5.19. The summed E-state index contributed by atoms with van der Waals surface area (Å²) >= 11 is 0. The fourth-order valence-electron chi connectivity index (χ4n) is 2.17. The van der Waals surface area contributed by atoms with Crippen molar-refractivity contribution < 1.29 is 9.52 Å². The van der Waals surface area contributed by atoms with Gasteiger partial charge in [-0.15, -0.1) is 5.11 Å². The third-order valence-corrected chi connectivity index (χ3v) is 3.37. The predicted octanol–water partition coefficient (Wildman–Crippen LogP) is 4.53. The van der Waals surface area contributed by atoms with Crippen molar-refractivity contribution in [2.24, 2.45) is 10.2 Å². The molecule has 22 heavy (non-hydrogen) atoms. The molecular weight excluding hydrogens is 280 g/mol. The van der Waals surface area contributed by atoms with Crippen LogP contribution in [0.25, 0.3) is 11.0 Å². The lowest BCUT2D eigenvalue weighted by Gasteiger charge is -2.04. The van der Waals surface area contributed by atoms with Gasteiger partial charge in [-0.3, -0.25) is 0 Å². The third kappa shape index (κ3) is 2.61. The Balaban J connectivity index is 2.15. The molecule has 2 aromatic carbocycles. The van der Waals surface area contributed by atoms with Crippen LogP contribution < -0.4 is 5.63 Å². The number of phenolic OH excluding ortho intramolecular Hbond substituents is 1. The Kier molecular flexibility index (Phi) is 3.47. The van der Waals surface area contributed by atoms with Gasteiger partial charge in [0.25, 0.3) is 0 Å². The maximum atomic E-state index is 11.6. The Labute approximate surface area is 126 Å². The molecule has 1 heterocycles. The molecule has 0 saturated carbocycles. The first-order chi connectivity index (χ1) is 10.5. The van der Waals surface area contributed by atoms with Crippen LogP contribution >= 0.6 is 0 Å². The van der Waals surface area contributed by atoms with E-state index in [2.05, 4.69) is 10.2 Å². The smallest absolute Gasteiger partial charge is 0.336 e. The van der Waals surface area contributed by atoms with E-state index in [9.17, 15) is 9.90 Å². The maximum absolute atomic E-state index is 11.6. The number of hydrogen-bond donors (Lipinski definition) is 1. The normalized spacial score (nSPS) is 11.4. The molecule has 5 heteroatoms. The molecule has 0 fully saturated rings. The molecule has 3 aromatic rings. The van der Waals surface area contributed by atoms with E-state index in [-0.39, 0.29) is 17.0 Å². The van der Waals surface area contributed by atoms with Gasteiger partial charge >= 0.3 is 5.63 Å². The van der Waals surface area contributed by atoms with Crippen molar-refractivity contribution in [3.05, 3.63) is 64.0 Å². The van der Waals surface area contributed by atoms with Crippen molar-refractivity contribution in [3.63, 3.8) is 0 Å². The van der Waals surface area contributed by atoms with Crippen LogP contribution in [0.15, 0.2) is 61.9 Å². The van der Waals surface area contributed by atoms with Crippen molar-refractivity contribution in [2.75, 3.05) is 0 Å². The SMILES string of the molecule is Cc1ccc(/N=N/c2c(O)ccc3c(C)cc(=O)oc23)cc1. The van der Waals surface area contributed by atoms with Crippen molar-refractivity contribution in [3.8, 4) is 5.75 Å². The van der Waals surface area contributed by atoms with Crippen molar-refractivity contribution in [2.45, 2.75) is 13.8 Å². The minimum absolute atomic E-state index is 0.0860. The number of benzene rings is 2. The van der Waals surface area contributed by atoms with Gasteiger partial charge in [-0.25, -0.2) is 4.79 Å². The first-order valence-corrected chi connectivity index (χ1v) is 6.79. The summed E-state index contributed by atoms with van der Waals surface area (Å²) in [7, 11) is 0. The number of aryl methyl sites for hydroxylation is 2. The maximum Gasteiger partial charge on any atom is 0.336 e. The van der Waals surface area contributed by atoms with E-state index in [1.165, 1.54) is 12.1 Å². The number of nitrogens with zero attached hydrogens (tertiary/aromatic N) is 2. The zero-order chi connectivity index (χ0) is 15.7. The van der Waals surface area contributed by atoms with Crippen LogP contribution in [0.2, 0.25) is 0 Å². The molecule has 3 rings (SSSR count). The highest BCUT2D eigenvalue weighted by Gasteiger charge is 2.11. The molecule has 0 spiro atoms. The standard InChI is InChI=1S/C17H14N2O3/c1-10-3-5-12(6-4-10)18-19-16-14(20)8-7-13-11(2)9-15(21)22-17(13)16/h3-9,20H,1-2H3/b19-18+. The average Bonchev–Trinajstić information content (AvgIpc) is 2.47. The van der Waals surface area contributed by atoms with E-state index in [1.807, 2.05) is 31.2 Å². The fraction of sp³-hybridized carbons (Fsp3) is 0.118. The van der Waals surface area contributed by atoms with Gasteiger partial charge in [0.05, 0.1) is 5.69 Å². The van der Waals surface area contributed by atoms with E-state index in [1.54, 1.807) is 13.0 Å². The Morgan fingerprint density at radius 3 is 2.45 bits per heavy atom. The second kappa shape index (κ2) is 5.44. The van der Waals surface area contributed by atoms with Gasteiger partial charge < -0.3 is 9.52 Å². The van der Waals surface area contributed by atoms with Gasteiger partial charge in [-0.2, -0.15) is 5.11 Å². The zero-order valence-electron chi connectivity index (χ0n) is 12.2. The second-order valence-corrected chi connectivity index (χ2v) is 5.09. The first kappa shape index (κ1) is 14.0. The summed E-state index contributed by atoms with van der Waals surface area (Å²) in [6.07, 6.45) is 0. The molecular formula is C17H14N2O3. The summed E-state index contributed by atoms with van der Waals surface area (Å²) in [5.41, 5.74) is 2.44. The number of fused-ring (bicyclic) bond motifs is 1. The number of azo groups is 1. The molecule has 0 amide bonds. The Morgan fingerprint density at radius 1 is 1.00 bits per heavy atom. The quantitative estimate of drug-likeness (QED) is 0.557. The highest BCUT2D eigenvalue weighted by atomic mass is 16.4. The lowest BCUT2D eigenvalue weighted by atomic mass is 10.1. The molecule has 0 atom stereocenters. The number of phenols is 1. The Hall–Kier alpha value is -2.95. The summed E-state index contributed by atoms with van der Waals surface area (Å²) in [5, 5.41) is 18.9. The molecule has 1 aromatic heterocycles. The van der Waals surface area contributed by atoms with Crippen molar-refractivity contribution in [1.82, 2.24) is 0 Å². The molecule has 0 unspecified atom stereocenters. The van der Waals surface area contributed by atoms with E-state index in [0.29, 0.717) is 5.69 Å². The Morgan fingerprint density at radius 2 is 1.73 bits per heavy atom. The second-order valence-electron chi connectivity index (χ2n) is 5.09. The number of aromatic hydroxyl groups is 1. The largest absolute Gasteiger partial charge is 0.505 e. The van der Waals surface area contributed by atoms with Gasteiger partial charge in [0, 0.05) is 11.5 Å². The fourth-order valence-corrected chi connectivity index (χ4v) is 2.17. The van der Waals surface area contributed by atoms with Crippen LogP contribution in [0.1, 0.15) is 11.1 Å². The van der Waals surface area contributed by atoms with Crippen LogP contribution in [0.5, 0.6) is 5.75 Å². The van der Waals surface area contributed by atoms with E-state index >= 15 is 0 Å². The van der Waals surface area contributed by atoms with Crippen LogP contribution in [0, 0.1) is 13.8 Å². The molecule has 0 aliphatic carbocycles. The summed E-state index contributed by atoms with van der Waals surface area (Å²) in [6, 6.07) is 12.1. The topological polar surface area (TPSA) is 75.2 Å². The van der Waals surface area contributed by atoms with Crippen molar-refractivity contribution in [1.29, 1.82) is 0 Å². The summed E-state index contributed by atoms with van der Waals surface area (Å²) in [6.45, 7) is 3.78. The first-order valence-electron chi connectivity index (χ1n) is 6.79. The summed E-state index contributed by atoms with van der Waals surface area (Å²) in [5.74, 6) is -0.0860. The minimum Gasteiger partial charge on any atom is -0.505 e. The molecule has 110 valence electrons. The van der Waals surface area contributed by atoms with Crippen LogP contribution in [-0.4, -0.2) is 5.11 Å². The molecule has 0 aliphatic rings. The number of hydrogen-bond acceptors (Lipinski definition) is 5. The molecule has 0 bridgehead atoms. The minimum atomic E-state index is -0.484. The molecule has 0 saturated heterocycles. The number of rotatable bonds is 2. The van der Waals surface area contributed by atoms with Crippen molar-refractivity contribution >= 4 is 22.3 Å². The predicted molar refractivity (Wildman–Crippen MR) is 84.2 cm³/mol. The van der Waals surface area contributed by atoms with Gasteiger partial charge in [-0.05, 0) is 43.7 Å². The van der Waals surface area contributed by atoms with Gasteiger partial charge in [-0.1, -0.05) is 17.7 Å². The van der Waals surface area contributed by atoms with Gasteiger partial charge in [0.1, 0.15) is 5.75 Å². The van der Waals surface area contributed by atoms with Crippen LogP contribution in [0.4, 0.5) is 11.4 Å². The molecule has 0 aliphatic heterocycles. The third-order valence-electron chi connectivity index (χ3n) is 3.37.